The number of benzene rings is 3. The lowest BCUT2D eigenvalue weighted by Gasteiger charge is -2.11. The monoisotopic (exact) mass is 422 g/mol. The Morgan fingerprint density at radius 3 is 2.43 bits per heavy atom. The number of amides is 1. The van der Waals surface area contributed by atoms with Crippen LogP contribution in [-0.4, -0.2) is 19.2 Å². The fourth-order valence-corrected chi connectivity index (χ4v) is 2.78. The SMILES string of the molecule is CCC(=O)Nc1ccc(N=Cc2ccc(OCc3ccc(Cl)cc3)c(OC)c2)cc1. The molecule has 154 valence electrons. The van der Waals surface area contributed by atoms with E-state index in [0.717, 1.165) is 22.5 Å². The Bertz CT molecular complexity index is 1020. The Morgan fingerprint density at radius 1 is 1.03 bits per heavy atom. The van der Waals surface area contributed by atoms with Gasteiger partial charge in [-0.05, 0) is 65.7 Å². The third-order valence-electron chi connectivity index (χ3n) is 4.33. The van der Waals surface area contributed by atoms with Gasteiger partial charge in [0.1, 0.15) is 6.61 Å². The van der Waals surface area contributed by atoms with Gasteiger partial charge in [-0.3, -0.25) is 9.79 Å². The first-order chi connectivity index (χ1) is 14.6. The minimum absolute atomic E-state index is 0.0169. The number of rotatable bonds is 8. The summed E-state index contributed by atoms with van der Waals surface area (Å²) in [7, 11) is 1.61. The molecule has 0 unspecified atom stereocenters. The van der Waals surface area contributed by atoms with Crippen molar-refractivity contribution in [2.24, 2.45) is 4.99 Å². The first-order valence-electron chi connectivity index (χ1n) is 9.56. The van der Waals surface area contributed by atoms with Crippen LogP contribution in [0, 0.1) is 0 Å². The average molecular weight is 423 g/mol. The Kier molecular flexibility index (Phi) is 7.46. The maximum Gasteiger partial charge on any atom is 0.224 e. The van der Waals surface area contributed by atoms with Crippen LogP contribution in [0.4, 0.5) is 11.4 Å². The van der Waals surface area contributed by atoms with Gasteiger partial charge >= 0.3 is 0 Å². The van der Waals surface area contributed by atoms with E-state index < -0.39 is 0 Å². The highest BCUT2D eigenvalue weighted by atomic mass is 35.5. The number of halogens is 1. The molecule has 0 bridgehead atoms. The van der Waals surface area contributed by atoms with Crippen molar-refractivity contribution in [2.75, 3.05) is 12.4 Å². The molecule has 0 heterocycles. The molecule has 5 nitrogen and oxygen atoms in total. The molecule has 30 heavy (non-hydrogen) atoms. The quantitative estimate of drug-likeness (QED) is 0.451. The van der Waals surface area contributed by atoms with Gasteiger partial charge < -0.3 is 14.8 Å². The van der Waals surface area contributed by atoms with Gasteiger partial charge in [0.05, 0.1) is 12.8 Å². The van der Waals surface area contributed by atoms with Crippen molar-refractivity contribution in [1.29, 1.82) is 0 Å². The number of hydrogen-bond donors (Lipinski definition) is 1. The fourth-order valence-electron chi connectivity index (χ4n) is 2.65. The molecule has 0 saturated heterocycles. The highest BCUT2D eigenvalue weighted by molar-refractivity contribution is 6.30. The second kappa shape index (κ2) is 10.5. The van der Waals surface area contributed by atoms with Crippen LogP contribution >= 0.6 is 11.6 Å². The van der Waals surface area contributed by atoms with E-state index in [1.54, 1.807) is 13.3 Å². The third-order valence-corrected chi connectivity index (χ3v) is 4.58. The van der Waals surface area contributed by atoms with E-state index in [4.69, 9.17) is 21.1 Å². The summed E-state index contributed by atoms with van der Waals surface area (Å²) >= 11 is 5.91. The van der Waals surface area contributed by atoms with Gasteiger partial charge in [0, 0.05) is 23.3 Å². The fraction of sp³-hybridized carbons (Fsp3) is 0.167. The number of aliphatic imine (C=N–C) groups is 1. The molecule has 0 spiro atoms. The number of carbonyl (C=O) groups is 1. The van der Waals surface area contributed by atoms with Gasteiger partial charge in [0.25, 0.3) is 0 Å². The standard InChI is InChI=1S/C24H23ClN2O3/c1-3-24(28)27-21-11-9-20(10-12-21)26-15-18-6-13-22(23(14-18)29-2)30-16-17-4-7-19(25)8-5-17/h4-15H,3,16H2,1-2H3,(H,27,28). The van der Waals surface area contributed by atoms with E-state index in [0.29, 0.717) is 29.5 Å². The van der Waals surface area contributed by atoms with Crippen LogP contribution in [0.5, 0.6) is 11.5 Å². The van der Waals surface area contributed by atoms with Crippen LogP contribution < -0.4 is 14.8 Å². The van der Waals surface area contributed by atoms with Gasteiger partial charge in [-0.1, -0.05) is 30.7 Å². The Labute approximate surface area is 181 Å². The molecule has 0 radical (unpaired) electrons. The maximum atomic E-state index is 11.4. The number of carbonyl (C=O) groups excluding carboxylic acids is 1. The van der Waals surface area contributed by atoms with Crippen molar-refractivity contribution < 1.29 is 14.3 Å². The highest BCUT2D eigenvalue weighted by Gasteiger charge is 2.06. The lowest BCUT2D eigenvalue weighted by Crippen LogP contribution is -2.08. The molecule has 0 aliphatic rings. The molecule has 0 aromatic heterocycles. The summed E-state index contributed by atoms with van der Waals surface area (Å²) in [5.41, 5.74) is 3.44. The molecule has 0 atom stereocenters. The molecule has 6 heteroatoms. The van der Waals surface area contributed by atoms with Crippen LogP contribution in [0.2, 0.25) is 5.02 Å². The predicted molar refractivity (Wildman–Crippen MR) is 121 cm³/mol. The van der Waals surface area contributed by atoms with Gasteiger partial charge in [0.15, 0.2) is 11.5 Å². The molecule has 3 aromatic carbocycles. The van der Waals surface area contributed by atoms with Crippen LogP contribution in [0.15, 0.2) is 71.7 Å². The van der Waals surface area contributed by atoms with Crippen LogP contribution in [-0.2, 0) is 11.4 Å². The minimum Gasteiger partial charge on any atom is -0.493 e. The second-order valence-electron chi connectivity index (χ2n) is 6.53. The van der Waals surface area contributed by atoms with Gasteiger partial charge in [-0.2, -0.15) is 0 Å². The zero-order valence-corrected chi connectivity index (χ0v) is 17.6. The molecule has 1 amide bonds. The number of nitrogens with zero attached hydrogens (tertiary/aromatic N) is 1. The van der Waals surface area contributed by atoms with E-state index in [2.05, 4.69) is 10.3 Å². The number of nitrogens with one attached hydrogen (secondary N) is 1. The normalized spacial score (nSPS) is 10.8. The molecule has 3 aromatic rings. The van der Waals surface area contributed by atoms with Crippen molar-refractivity contribution in [2.45, 2.75) is 20.0 Å². The largest absolute Gasteiger partial charge is 0.493 e. The Morgan fingerprint density at radius 2 is 1.77 bits per heavy atom. The summed E-state index contributed by atoms with van der Waals surface area (Å²) in [6.07, 6.45) is 2.20. The van der Waals surface area contributed by atoms with E-state index in [9.17, 15) is 4.79 Å². The summed E-state index contributed by atoms with van der Waals surface area (Å²) in [5.74, 6) is 1.27. The molecular formula is C24H23ClN2O3. The average Bonchev–Trinajstić information content (AvgIpc) is 2.78. The molecule has 1 N–H and O–H groups in total. The number of ether oxygens (including phenoxy) is 2. The van der Waals surface area contributed by atoms with E-state index >= 15 is 0 Å². The van der Waals surface area contributed by atoms with E-state index in [1.807, 2.05) is 73.7 Å². The van der Waals surface area contributed by atoms with Crippen molar-refractivity contribution in [3.63, 3.8) is 0 Å². The highest BCUT2D eigenvalue weighted by Crippen LogP contribution is 2.29. The van der Waals surface area contributed by atoms with Gasteiger partial charge in [-0.25, -0.2) is 0 Å². The van der Waals surface area contributed by atoms with Crippen molar-refractivity contribution >= 4 is 35.1 Å². The zero-order chi connectivity index (χ0) is 21.3. The van der Waals surface area contributed by atoms with Crippen LogP contribution in [0.1, 0.15) is 24.5 Å². The zero-order valence-electron chi connectivity index (χ0n) is 16.9. The lowest BCUT2D eigenvalue weighted by atomic mass is 10.2. The lowest BCUT2D eigenvalue weighted by molar-refractivity contribution is -0.115. The predicted octanol–water partition coefficient (Wildman–Crippen LogP) is 6.03. The third kappa shape index (κ3) is 6.09. The molecular weight excluding hydrogens is 400 g/mol. The minimum atomic E-state index is -0.0169. The summed E-state index contributed by atoms with van der Waals surface area (Å²) in [4.78, 5) is 15.9. The van der Waals surface area contributed by atoms with E-state index in [-0.39, 0.29) is 5.91 Å². The van der Waals surface area contributed by atoms with Crippen molar-refractivity contribution in [3.05, 3.63) is 82.9 Å². The smallest absolute Gasteiger partial charge is 0.224 e. The number of methoxy groups -OCH3 is 1. The number of hydrogen-bond acceptors (Lipinski definition) is 4. The number of anilines is 1. The van der Waals surface area contributed by atoms with E-state index in [1.165, 1.54) is 0 Å². The first-order valence-corrected chi connectivity index (χ1v) is 9.94. The Hall–Kier alpha value is -3.31. The van der Waals surface area contributed by atoms with Crippen LogP contribution in [0.25, 0.3) is 0 Å². The van der Waals surface area contributed by atoms with Crippen molar-refractivity contribution in [1.82, 2.24) is 0 Å². The van der Waals surface area contributed by atoms with Gasteiger partial charge in [-0.15, -0.1) is 0 Å². The second-order valence-corrected chi connectivity index (χ2v) is 6.97. The Balaban J connectivity index is 1.65. The molecule has 0 aliphatic carbocycles. The molecule has 0 aliphatic heterocycles. The summed E-state index contributed by atoms with van der Waals surface area (Å²) in [6, 6.07) is 20.5. The molecule has 0 fully saturated rings. The summed E-state index contributed by atoms with van der Waals surface area (Å²) < 4.78 is 11.3. The van der Waals surface area contributed by atoms with Crippen molar-refractivity contribution in [3.8, 4) is 11.5 Å². The maximum absolute atomic E-state index is 11.4. The summed E-state index contributed by atoms with van der Waals surface area (Å²) in [6.45, 7) is 2.23. The van der Waals surface area contributed by atoms with Crippen LogP contribution in [0.3, 0.4) is 0 Å². The van der Waals surface area contributed by atoms with Gasteiger partial charge in [0.2, 0.25) is 5.91 Å². The molecule has 3 rings (SSSR count). The summed E-state index contributed by atoms with van der Waals surface area (Å²) in [5, 5.41) is 3.51. The topological polar surface area (TPSA) is 59.9 Å². The first kappa shape index (κ1) is 21.4. The molecule has 0 saturated carbocycles.